The highest BCUT2D eigenvalue weighted by Gasteiger charge is 2.23. The van der Waals surface area contributed by atoms with Crippen molar-refractivity contribution in [3.63, 3.8) is 0 Å². The Hall–Kier alpha value is -2.05. The Morgan fingerprint density at radius 3 is 3.17 bits per heavy atom. The summed E-state index contributed by atoms with van der Waals surface area (Å²) in [5.41, 5.74) is 2.15. The Morgan fingerprint density at radius 1 is 1.39 bits per heavy atom. The molecule has 1 amide bonds. The number of hydrogen-bond acceptors (Lipinski definition) is 4. The lowest BCUT2D eigenvalue weighted by Gasteiger charge is -2.15. The molecule has 1 fully saturated rings. The standard InChI is InChI=1S/C17H22N2O4/c20-17(21)18-15-3-6-19(12-15)7-10-22-8-4-13-1-2-16-14(11-13)5-9-23-16/h1-2,5,9,11,15,18H,3-4,6-8,10,12H2,(H,20,21). The maximum atomic E-state index is 10.6. The van der Waals surface area contributed by atoms with Crippen LogP contribution in [0.2, 0.25) is 0 Å². The Kier molecular flexibility index (Phi) is 5.15. The van der Waals surface area contributed by atoms with E-state index >= 15 is 0 Å². The number of furan rings is 1. The van der Waals surface area contributed by atoms with Gasteiger partial charge in [-0.3, -0.25) is 4.90 Å². The number of ether oxygens (including phenoxy) is 1. The third-order valence-corrected chi connectivity index (χ3v) is 4.20. The van der Waals surface area contributed by atoms with Gasteiger partial charge < -0.3 is 19.6 Å². The molecule has 3 rings (SSSR count). The zero-order valence-corrected chi connectivity index (χ0v) is 13.0. The molecule has 0 bridgehead atoms. The number of nitrogens with one attached hydrogen (secondary N) is 1. The zero-order chi connectivity index (χ0) is 16.1. The number of carbonyl (C=O) groups is 1. The normalized spacial score (nSPS) is 18.5. The molecule has 2 aromatic rings. The molecular formula is C17H22N2O4. The van der Waals surface area contributed by atoms with Crippen LogP contribution in [0.4, 0.5) is 4.79 Å². The van der Waals surface area contributed by atoms with Crippen molar-refractivity contribution in [3.8, 4) is 0 Å². The van der Waals surface area contributed by atoms with E-state index in [4.69, 9.17) is 14.3 Å². The maximum Gasteiger partial charge on any atom is 0.404 e. The van der Waals surface area contributed by atoms with Gasteiger partial charge in [-0.25, -0.2) is 4.79 Å². The van der Waals surface area contributed by atoms with Crippen molar-refractivity contribution in [2.45, 2.75) is 18.9 Å². The molecule has 0 radical (unpaired) electrons. The fourth-order valence-electron chi connectivity index (χ4n) is 2.99. The lowest BCUT2D eigenvalue weighted by molar-refractivity contribution is 0.113. The minimum Gasteiger partial charge on any atom is -0.465 e. The lowest BCUT2D eigenvalue weighted by atomic mass is 10.1. The number of likely N-dealkylation sites (tertiary alicyclic amines) is 1. The van der Waals surface area contributed by atoms with E-state index in [0.29, 0.717) is 13.2 Å². The van der Waals surface area contributed by atoms with E-state index in [-0.39, 0.29) is 6.04 Å². The number of benzene rings is 1. The average molecular weight is 318 g/mol. The predicted molar refractivity (Wildman–Crippen MR) is 86.7 cm³/mol. The highest BCUT2D eigenvalue weighted by Crippen LogP contribution is 2.17. The van der Waals surface area contributed by atoms with E-state index in [1.54, 1.807) is 6.26 Å². The summed E-state index contributed by atoms with van der Waals surface area (Å²) in [6, 6.07) is 8.20. The van der Waals surface area contributed by atoms with Gasteiger partial charge in [-0.15, -0.1) is 0 Å². The predicted octanol–water partition coefficient (Wildman–Crippen LogP) is 2.33. The van der Waals surface area contributed by atoms with Gasteiger partial charge in [0.25, 0.3) is 0 Å². The van der Waals surface area contributed by atoms with Gasteiger partial charge in [0.05, 0.1) is 19.5 Å². The largest absolute Gasteiger partial charge is 0.465 e. The first-order chi connectivity index (χ1) is 11.2. The minimum atomic E-state index is -0.942. The van der Waals surface area contributed by atoms with Gasteiger partial charge in [0.15, 0.2) is 0 Å². The first-order valence-corrected chi connectivity index (χ1v) is 7.96. The molecule has 6 heteroatoms. The molecule has 1 aliphatic heterocycles. The molecular weight excluding hydrogens is 296 g/mol. The Bertz CT molecular complexity index is 655. The molecule has 0 saturated carbocycles. The number of nitrogens with zero attached hydrogens (tertiary/aromatic N) is 1. The quantitative estimate of drug-likeness (QED) is 0.766. The van der Waals surface area contributed by atoms with E-state index < -0.39 is 6.09 Å². The lowest BCUT2D eigenvalue weighted by Crippen LogP contribution is -2.36. The smallest absolute Gasteiger partial charge is 0.404 e. The van der Waals surface area contributed by atoms with E-state index in [1.165, 1.54) is 5.56 Å². The monoisotopic (exact) mass is 318 g/mol. The number of fused-ring (bicyclic) bond motifs is 1. The van der Waals surface area contributed by atoms with Crippen LogP contribution in [0, 0.1) is 0 Å². The summed E-state index contributed by atoms with van der Waals surface area (Å²) in [5.74, 6) is 0. The topological polar surface area (TPSA) is 74.9 Å². The summed E-state index contributed by atoms with van der Waals surface area (Å²) < 4.78 is 11.0. The van der Waals surface area contributed by atoms with E-state index in [1.807, 2.05) is 12.1 Å². The molecule has 2 heterocycles. The second-order valence-electron chi connectivity index (χ2n) is 5.89. The van der Waals surface area contributed by atoms with Crippen LogP contribution in [0.1, 0.15) is 12.0 Å². The van der Waals surface area contributed by atoms with Gasteiger partial charge in [-0.05, 0) is 36.6 Å². The van der Waals surface area contributed by atoms with Crippen molar-refractivity contribution >= 4 is 17.1 Å². The van der Waals surface area contributed by atoms with Crippen LogP contribution in [0.5, 0.6) is 0 Å². The Balaban J connectivity index is 1.32. The van der Waals surface area contributed by atoms with Crippen molar-refractivity contribution in [2.75, 3.05) is 32.8 Å². The Labute approximate surface area is 135 Å². The highest BCUT2D eigenvalue weighted by atomic mass is 16.5. The summed E-state index contributed by atoms with van der Waals surface area (Å²) in [5, 5.41) is 12.4. The van der Waals surface area contributed by atoms with E-state index in [0.717, 1.165) is 43.4 Å². The van der Waals surface area contributed by atoms with Crippen molar-refractivity contribution in [2.24, 2.45) is 0 Å². The maximum absolute atomic E-state index is 10.6. The second-order valence-corrected chi connectivity index (χ2v) is 5.89. The molecule has 23 heavy (non-hydrogen) atoms. The third kappa shape index (κ3) is 4.46. The van der Waals surface area contributed by atoms with Crippen LogP contribution in [0.25, 0.3) is 11.0 Å². The highest BCUT2D eigenvalue weighted by molar-refractivity contribution is 5.77. The average Bonchev–Trinajstić information content (AvgIpc) is 3.15. The van der Waals surface area contributed by atoms with Gasteiger partial charge in [0.1, 0.15) is 5.58 Å². The van der Waals surface area contributed by atoms with Gasteiger partial charge in [0.2, 0.25) is 0 Å². The number of hydrogen-bond donors (Lipinski definition) is 2. The van der Waals surface area contributed by atoms with E-state index in [9.17, 15) is 4.79 Å². The minimum absolute atomic E-state index is 0.0502. The van der Waals surface area contributed by atoms with Crippen LogP contribution >= 0.6 is 0 Å². The van der Waals surface area contributed by atoms with Gasteiger partial charge in [-0.1, -0.05) is 6.07 Å². The van der Waals surface area contributed by atoms with Crippen molar-refractivity contribution in [1.82, 2.24) is 10.2 Å². The Morgan fingerprint density at radius 2 is 2.30 bits per heavy atom. The van der Waals surface area contributed by atoms with Gasteiger partial charge in [-0.2, -0.15) is 0 Å². The summed E-state index contributed by atoms with van der Waals surface area (Å²) >= 11 is 0. The summed E-state index contributed by atoms with van der Waals surface area (Å²) in [7, 11) is 0. The van der Waals surface area contributed by atoms with Gasteiger partial charge in [0, 0.05) is 31.1 Å². The first kappa shape index (κ1) is 15.8. The molecule has 1 saturated heterocycles. The van der Waals surface area contributed by atoms with E-state index in [2.05, 4.69) is 22.3 Å². The first-order valence-electron chi connectivity index (χ1n) is 7.96. The van der Waals surface area contributed by atoms with Crippen LogP contribution < -0.4 is 5.32 Å². The summed E-state index contributed by atoms with van der Waals surface area (Å²) in [6.07, 6.45) is 2.51. The number of carboxylic acid groups (broad SMARTS) is 1. The second kappa shape index (κ2) is 7.48. The summed E-state index contributed by atoms with van der Waals surface area (Å²) in [4.78, 5) is 12.8. The molecule has 124 valence electrons. The van der Waals surface area contributed by atoms with Crippen LogP contribution in [-0.2, 0) is 11.2 Å². The van der Waals surface area contributed by atoms with Gasteiger partial charge >= 0.3 is 6.09 Å². The summed E-state index contributed by atoms with van der Waals surface area (Å²) in [6.45, 7) is 3.90. The number of rotatable bonds is 7. The molecule has 1 aliphatic rings. The molecule has 0 aliphatic carbocycles. The molecule has 0 spiro atoms. The van der Waals surface area contributed by atoms with Crippen molar-refractivity contribution in [3.05, 3.63) is 36.1 Å². The third-order valence-electron chi connectivity index (χ3n) is 4.20. The SMILES string of the molecule is O=C(O)NC1CCN(CCOCCc2ccc3occc3c2)C1. The van der Waals surface area contributed by atoms with Crippen molar-refractivity contribution in [1.29, 1.82) is 0 Å². The van der Waals surface area contributed by atoms with Crippen LogP contribution in [0.3, 0.4) is 0 Å². The molecule has 2 N–H and O–H groups in total. The zero-order valence-electron chi connectivity index (χ0n) is 13.0. The van der Waals surface area contributed by atoms with Crippen LogP contribution in [-0.4, -0.2) is 55.0 Å². The fourth-order valence-corrected chi connectivity index (χ4v) is 2.99. The van der Waals surface area contributed by atoms with Crippen LogP contribution in [0.15, 0.2) is 34.9 Å². The number of amides is 1. The molecule has 1 atom stereocenters. The molecule has 1 aromatic carbocycles. The molecule has 6 nitrogen and oxygen atoms in total. The fraction of sp³-hybridized carbons (Fsp3) is 0.471. The van der Waals surface area contributed by atoms with Crippen molar-refractivity contribution < 1.29 is 19.1 Å². The molecule has 1 unspecified atom stereocenters. The molecule has 1 aromatic heterocycles.